The molecular weight excluding hydrogens is 256 g/mol. The van der Waals surface area contributed by atoms with E-state index in [1.54, 1.807) is 6.20 Å². The van der Waals surface area contributed by atoms with E-state index in [1.807, 2.05) is 31.2 Å². The molecule has 0 aliphatic carbocycles. The number of benzene rings is 1. The molecule has 1 aromatic carbocycles. The minimum atomic E-state index is 0.303. The van der Waals surface area contributed by atoms with Gasteiger partial charge in [0.15, 0.2) is 11.5 Å². The molecule has 0 aliphatic rings. The molecule has 20 heavy (non-hydrogen) atoms. The number of aromatic nitrogens is 2. The number of nitrogens with two attached hydrogens (primary N) is 1. The Labute approximate surface area is 117 Å². The van der Waals surface area contributed by atoms with E-state index in [9.17, 15) is 0 Å². The number of anilines is 1. The summed E-state index contributed by atoms with van der Waals surface area (Å²) in [6.07, 6.45) is 2.58. The number of rotatable bonds is 6. The van der Waals surface area contributed by atoms with Crippen LogP contribution in [0.15, 0.2) is 30.5 Å². The van der Waals surface area contributed by atoms with Crippen molar-refractivity contribution in [2.45, 2.75) is 20.3 Å². The van der Waals surface area contributed by atoms with Crippen LogP contribution in [0.25, 0.3) is 0 Å². The predicted octanol–water partition coefficient (Wildman–Crippen LogP) is 2.65. The van der Waals surface area contributed by atoms with Gasteiger partial charge in [0.05, 0.1) is 6.61 Å². The second-order valence-corrected chi connectivity index (χ2v) is 4.22. The fourth-order valence-corrected chi connectivity index (χ4v) is 1.57. The standard InChI is InChI=1S/C14H18N4O2/c1-3-8-19-11-6-4-5-7-12(11)20-13-10(2)9-16-14(17-13)18-15/h4-7,9H,3,8,15H2,1-2H3,(H,16,17,18). The molecule has 2 aromatic rings. The predicted molar refractivity (Wildman–Crippen MR) is 76.9 cm³/mol. The number of para-hydroxylation sites is 2. The SMILES string of the molecule is CCCOc1ccccc1Oc1nc(NN)ncc1C. The van der Waals surface area contributed by atoms with Crippen LogP contribution in [0.5, 0.6) is 17.4 Å². The fourth-order valence-electron chi connectivity index (χ4n) is 1.57. The van der Waals surface area contributed by atoms with Crippen molar-refractivity contribution < 1.29 is 9.47 Å². The molecule has 6 heteroatoms. The van der Waals surface area contributed by atoms with Gasteiger partial charge < -0.3 is 9.47 Å². The van der Waals surface area contributed by atoms with Crippen LogP contribution in [-0.4, -0.2) is 16.6 Å². The lowest BCUT2D eigenvalue weighted by Gasteiger charge is -2.12. The average Bonchev–Trinajstić information content (AvgIpc) is 2.48. The van der Waals surface area contributed by atoms with Crippen molar-refractivity contribution in [3.8, 4) is 17.4 Å². The molecule has 0 saturated carbocycles. The molecule has 0 radical (unpaired) electrons. The first-order valence-electron chi connectivity index (χ1n) is 6.44. The molecule has 3 N–H and O–H groups in total. The zero-order valence-electron chi connectivity index (χ0n) is 11.6. The number of hydrazine groups is 1. The minimum Gasteiger partial charge on any atom is -0.490 e. The van der Waals surface area contributed by atoms with E-state index in [2.05, 4.69) is 22.3 Å². The summed E-state index contributed by atoms with van der Waals surface area (Å²) < 4.78 is 11.5. The van der Waals surface area contributed by atoms with Crippen molar-refractivity contribution in [3.63, 3.8) is 0 Å². The Balaban J connectivity index is 2.25. The third-order valence-electron chi connectivity index (χ3n) is 2.57. The first-order valence-corrected chi connectivity index (χ1v) is 6.44. The van der Waals surface area contributed by atoms with Crippen LogP contribution in [-0.2, 0) is 0 Å². The lowest BCUT2D eigenvalue weighted by atomic mass is 10.3. The molecule has 1 heterocycles. The van der Waals surface area contributed by atoms with Crippen molar-refractivity contribution in [1.29, 1.82) is 0 Å². The quantitative estimate of drug-likeness (QED) is 0.622. The molecule has 106 valence electrons. The molecule has 0 amide bonds. The molecule has 0 spiro atoms. The normalized spacial score (nSPS) is 10.2. The lowest BCUT2D eigenvalue weighted by molar-refractivity contribution is 0.300. The Hall–Kier alpha value is -2.34. The molecule has 2 rings (SSSR count). The van der Waals surface area contributed by atoms with E-state index in [4.69, 9.17) is 15.3 Å². The van der Waals surface area contributed by atoms with E-state index in [0.717, 1.165) is 12.0 Å². The van der Waals surface area contributed by atoms with Crippen LogP contribution in [0.4, 0.5) is 5.95 Å². The maximum atomic E-state index is 5.81. The summed E-state index contributed by atoms with van der Waals surface area (Å²) in [5.74, 6) is 7.36. The monoisotopic (exact) mass is 274 g/mol. The van der Waals surface area contributed by atoms with E-state index < -0.39 is 0 Å². The maximum absolute atomic E-state index is 5.81. The molecule has 0 aliphatic heterocycles. The van der Waals surface area contributed by atoms with Crippen molar-refractivity contribution >= 4 is 5.95 Å². The largest absolute Gasteiger partial charge is 0.490 e. The molecule has 0 bridgehead atoms. The summed E-state index contributed by atoms with van der Waals surface area (Å²) in [5, 5.41) is 0. The third kappa shape index (κ3) is 3.36. The van der Waals surface area contributed by atoms with Gasteiger partial charge in [-0.25, -0.2) is 10.8 Å². The Bertz CT molecular complexity index is 575. The number of ether oxygens (including phenoxy) is 2. The Morgan fingerprint density at radius 1 is 1.25 bits per heavy atom. The van der Waals surface area contributed by atoms with Gasteiger partial charge in [-0.3, -0.25) is 5.43 Å². The summed E-state index contributed by atoms with van der Waals surface area (Å²) in [6.45, 7) is 4.56. The van der Waals surface area contributed by atoms with Crippen LogP contribution in [0.3, 0.4) is 0 Å². The van der Waals surface area contributed by atoms with Crippen molar-refractivity contribution in [3.05, 3.63) is 36.0 Å². The molecule has 0 unspecified atom stereocenters. The van der Waals surface area contributed by atoms with Gasteiger partial charge in [-0.2, -0.15) is 4.98 Å². The number of aryl methyl sites for hydroxylation is 1. The Morgan fingerprint density at radius 2 is 2.00 bits per heavy atom. The van der Waals surface area contributed by atoms with Gasteiger partial charge >= 0.3 is 0 Å². The van der Waals surface area contributed by atoms with Crippen LogP contribution in [0.1, 0.15) is 18.9 Å². The van der Waals surface area contributed by atoms with Crippen LogP contribution in [0, 0.1) is 6.92 Å². The van der Waals surface area contributed by atoms with E-state index >= 15 is 0 Å². The highest BCUT2D eigenvalue weighted by atomic mass is 16.5. The van der Waals surface area contributed by atoms with Crippen molar-refractivity contribution in [2.24, 2.45) is 5.84 Å². The number of hydrogen-bond donors (Lipinski definition) is 2. The number of hydrogen-bond acceptors (Lipinski definition) is 6. The van der Waals surface area contributed by atoms with Crippen molar-refractivity contribution in [2.75, 3.05) is 12.0 Å². The topological polar surface area (TPSA) is 82.3 Å². The smallest absolute Gasteiger partial charge is 0.240 e. The fraction of sp³-hybridized carbons (Fsp3) is 0.286. The summed E-state index contributed by atoms with van der Waals surface area (Å²) in [5.41, 5.74) is 3.21. The Kier molecular flexibility index (Phi) is 4.73. The molecule has 1 aromatic heterocycles. The number of nitrogens with zero attached hydrogens (tertiary/aromatic N) is 2. The second-order valence-electron chi connectivity index (χ2n) is 4.22. The number of nitrogen functional groups attached to an aromatic ring is 1. The van der Waals surface area contributed by atoms with E-state index in [1.165, 1.54) is 0 Å². The van der Waals surface area contributed by atoms with Crippen LogP contribution < -0.4 is 20.7 Å². The molecule has 0 atom stereocenters. The van der Waals surface area contributed by atoms with Gasteiger partial charge in [-0.15, -0.1) is 0 Å². The zero-order chi connectivity index (χ0) is 14.4. The van der Waals surface area contributed by atoms with Crippen LogP contribution in [0.2, 0.25) is 0 Å². The third-order valence-corrected chi connectivity index (χ3v) is 2.57. The first-order chi connectivity index (χ1) is 9.74. The maximum Gasteiger partial charge on any atom is 0.240 e. The van der Waals surface area contributed by atoms with Gasteiger partial charge in [-0.05, 0) is 25.5 Å². The van der Waals surface area contributed by atoms with Crippen LogP contribution >= 0.6 is 0 Å². The summed E-state index contributed by atoms with van der Waals surface area (Å²) in [7, 11) is 0. The first kappa shape index (κ1) is 14.1. The number of nitrogens with one attached hydrogen (secondary N) is 1. The van der Waals surface area contributed by atoms with Crippen molar-refractivity contribution in [1.82, 2.24) is 9.97 Å². The molecular formula is C14H18N4O2. The van der Waals surface area contributed by atoms with Gasteiger partial charge in [0.1, 0.15) is 0 Å². The highest BCUT2D eigenvalue weighted by Crippen LogP contribution is 2.31. The lowest BCUT2D eigenvalue weighted by Crippen LogP contribution is -2.11. The second kappa shape index (κ2) is 6.72. The summed E-state index contributed by atoms with van der Waals surface area (Å²) >= 11 is 0. The summed E-state index contributed by atoms with van der Waals surface area (Å²) in [6, 6.07) is 7.48. The van der Waals surface area contributed by atoms with Gasteiger partial charge in [-0.1, -0.05) is 19.1 Å². The van der Waals surface area contributed by atoms with E-state index in [0.29, 0.717) is 29.9 Å². The van der Waals surface area contributed by atoms with Gasteiger partial charge in [0.25, 0.3) is 0 Å². The van der Waals surface area contributed by atoms with E-state index in [-0.39, 0.29) is 0 Å². The summed E-state index contributed by atoms with van der Waals surface area (Å²) in [4.78, 5) is 8.20. The van der Waals surface area contributed by atoms with Gasteiger partial charge in [0, 0.05) is 11.8 Å². The zero-order valence-corrected chi connectivity index (χ0v) is 11.6. The molecule has 0 saturated heterocycles. The molecule has 0 fully saturated rings. The molecule has 6 nitrogen and oxygen atoms in total. The minimum absolute atomic E-state index is 0.303. The highest BCUT2D eigenvalue weighted by Gasteiger charge is 2.10. The van der Waals surface area contributed by atoms with Gasteiger partial charge in [0.2, 0.25) is 11.8 Å². The average molecular weight is 274 g/mol. The Morgan fingerprint density at radius 3 is 2.70 bits per heavy atom. The highest BCUT2D eigenvalue weighted by molar-refractivity contribution is 5.43.